The van der Waals surface area contributed by atoms with Gasteiger partial charge in [0.1, 0.15) is 28.4 Å². The minimum Gasteiger partial charge on any atom is -0.502 e. The van der Waals surface area contributed by atoms with Gasteiger partial charge in [-0.05, 0) is 58.2 Å². The van der Waals surface area contributed by atoms with Gasteiger partial charge >= 0.3 is 11.9 Å². The predicted molar refractivity (Wildman–Crippen MR) is 157 cm³/mol. The average molecular weight is 670 g/mol. The number of hydrogen-bond acceptors (Lipinski definition) is 13. The van der Waals surface area contributed by atoms with Crippen LogP contribution in [0.2, 0.25) is 0 Å². The van der Waals surface area contributed by atoms with Gasteiger partial charge in [0.25, 0.3) is 11.8 Å². The molecule has 2 aromatic rings. The molecule has 45 heavy (non-hydrogen) atoms. The molecule has 1 fully saturated rings. The Morgan fingerprint density at radius 1 is 1.20 bits per heavy atom. The summed E-state index contributed by atoms with van der Waals surface area (Å²) in [5.74, 6) is -9.41. The molecule has 0 bridgehead atoms. The number of nitrogen functional groups attached to an aromatic ring is 1. The van der Waals surface area contributed by atoms with Crippen LogP contribution >= 0.6 is 23.1 Å². The highest BCUT2D eigenvalue weighted by molar-refractivity contribution is 8.00. The molecule has 3 heterocycles. The number of anilines is 1. The van der Waals surface area contributed by atoms with Crippen LogP contribution in [0.25, 0.3) is 0 Å². The summed E-state index contributed by atoms with van der Waals surface area (Å²) in [5, 5.41) is 35.9. The monoisotopic (exact) mass is 669 g/mol. The number of fused-ring (bicyclic) bond motifs is 1. The Labute approximate surface area is 262 Å². The molecule has 0 saturated carbocycles. The molecule has 2 aliphatic rings. The SMILES string of the molecule is CC(C)(C)OC(=O)C(C)(C)O/N=C(/C(=O)NC1C(=O)N2C(C(=O)O)=C(Cc3cc(F)c(O)c(O)c3F)CS[C@H]12)c1csc(N)n1. The first-order chi connectivity index (χ1) is 20.8. The number of aromatic nitrogens is 1. The summed E-state index contributed by atoms with van der Waals surface area (Å²) in [6.07, 6.45) is -0.494. The first kappa shape index (κ1) is 33.4. The molecule has 6 N–H and O–H groups in total. The second kappa shape index (κ2) is 12.2. The maximum absolute atomic E-state index is 14.5. The van der Waals surface area contributed by atoms with Crippen molar-refractivity contribution in [1.82, 2.24) is 15.2 Å². The Morgan fingerprint density at radius 3 is 2.44 bits per heavy atom. The number of carboxylic acids is 1. The van der Waals surface area contributed by atoms with Crippen molar-refractivity contribution < 1.29 is 52.9 Å². The van der Waals surface area contributed by atoms with Crippen molar-refractivity contribution >= 4 is 57.7 Å². The lowest BCUT2D eigenvalue weighted by Crippen LogP contribution is -2.71. The highest BCUT2D eigenvalue weighted by Gasteiger charge is 2.54. The molecule has 2 atom stereocenters. The van der Waals surface area contributed by atoms with Crippen molar-refractivity contribution in [2.45, 2.75) is 63.7 Å². The van der Waals surface area contributed by atoms with Crippen LogP contribution in [0, 0.1) is 11.6 Å². The second-order valence-corrected chi connectivity index (χ2v) is 13.4. The second-order valence-electron chi connectivity index (χ2n) is 11.4. The van der Waals surface area contributed by atoms with E-state index in [4.69, 9.17) is 15.3 Å². The smallest absolute Gasteiger partial charge is 0.353 e. The van der Waals surface area contributed by atoms with Crippen LogP contribution in [0.5, 0.6) is 11.5 Å². The Kier molecular flexibility index (Phi) is 9.03. The maximum atomic E-state index is 14.5. The predicted octanol–water partition coefficient (Wildman–Crippen LogP) is 2.24. The molecule has 1 aromatic heterocycles. The zero-order chi connectivity index (χ0) is 33.6. The van der Waals surface area contributed by atoms with Crippen molar-refractivity contribution in [3.8, 4) is 11.5 Å². The first-order valence-corrected chi connectivity index (χ1v) is 15.1. The van der Waals surface area contributed by atoms with E-state index in [0.29, 0.717) is 6.07 Å². The van der Waals surface area contributed by atoms with Crippen LogP contribution in [0.3, 0.4) is 0 Å². The van der Waals surface area contributed by atoms with Gasteiger partial charge in [0, 0.05) is 11.1 Å². The van der Waals surface area contributed by atoms with Crippen molar-refractivity contribution in [1.29, 1.82) is 0 Å². The van der Waals surface area contributed by atoms with Gasteiger partial charge in [-0.25, -0.2) is 23.4 Å². The van der Waals surface area contributed by atoms with Crippen molar-refractivity contribution in [3.05, 3.63) is 45.6 Å². The van der Waals surface area contributed by atoms with E-state index < -0.39 is 92.9 Å². The molecule has 0 aliphatic carbocycles. The number of thiazole rings is 1. The summed E-state index contributed by atoms with van der Waals surface area (Å²) in [6, 6.07) is -0.613. The number of esters is 1. The van der Waals surface area contributed by atoms with Crippen LogP contribution < -0.4 is 11.1 Å². The number of amides is 2. The zero-order valence-corrected chi connectivity index (χ0v) is 26.1. The largest absolute Gasteiger partial charge is 0.502 e. The van der Waals surface area contributed by atoms with Gasteiger partial charge in [-0.3, -0.25) is 14.5 Å². The van der Waals surface area contributed by atoms with Gasteiger partial charge in [-0.1, -0.05) is 5.16 Å². The fourth-order valence-electron chi connectivity index (χ4n) is 4.24. The number of nitrogens with zero attached hydrogens (tertiary/aromatic N) is 3. The molecule has 0 radical (unpaired) electrons. The Balaban J connectivity index is 1.57. The Bertz CT molecular complexity index is 1650. The molecule has 242 valence electrons. The molecule has 1 saturated heterocycles. The van der Waals surface area contributed by atoms with Gasteiger partial charge in [0.05, 0.1) is 0 Å². The van der Waals surface area contributed by atoms with E-state index >= 15 is 0 Å². The number of benzene rings is 1. The van der Waals surface area contributed by atoms with Crippen LogP contribution in [-0.2, 0) is 35.2 Å². The van der Waals surface area contributed by atoms with Gasteiger partial charge in [0.15, 0.2) is 34.0 Å². The molecular weight excluding hydrogens is 640 g/mol. The molecule has 14 nitrogen and oxygen atoms in total. The van der Waals surface area contributed by atoms with Crippen LogP contribution in [0.4, 0.5) is 13.9 Å². The quantitative estimate of drug-likeness (QED) is 0.0855. The number of halogens is 2. The maximum Gasteiger partial charge on any atom is 0.353 e. The summed E-state index contributed by atoms with van der Waals surface area (Å²) in [5.41, 5.74) is 1.90. The first-order valence-electron chi connectivity index (χ1n) is 13.1. The average Bonchev–Trinajstić information content (AvgIpc) is 3.37. The number of ether oxygens (including phenoxy) is 1. The number of carboxylic acid groups (broad SMARTS) is 1. The molecule has 4 rings (SSSR count). The molecular formula is C27H29F2N5O9S2. The summed E-state index contributed by atoms with van der Waals surface area (Å²) in [7, 11) is 0. The number of phenols is 2. The van der Waals surface area contributed by atoms with Crippen molar-refractivity contribution in [2.24, 2.45) is 5.16 Å². The zero-order valence-electron chi connectivity index (χ0n) is 24.5. The standard InChI is InChI=1S/C27H29F2N5O9S2/c1-26(2,3)42-24(41)27(4,5)43-33-15(13-9-45-25(30)31-13)20(37)32-16-21(38)34-17(23(39)40)11(8-44-22(16)34)6-10-7-12(28)18(35)19(36)14(10)29/h7,9,16,22,35-36H,6,8H2,1-5H3,(H2,30,31)(H,32,37)(H,39,40)/b33-15+/t16?,22-/m1/s1. The fourth-order valence-corrected chi connectivity index (χ4v) is 6.13. The number of β-lactam (4-membered cyclic amide) rings is 1. The van der Waals surface area contributed by atoms with E-state index in [-0.39, 0.29) is 22.2 Å². The molecule has 2 amide bonds. The summed E-state index contributed by atoms with van der Waals surface area (Å²) >= 11 is 2.04. The Hall–Kier alpha value is -4.45. The van der Waals surface area contributed by atoms with Crippen molar-refractivity contribution in [3.63, 3.8) is 0 Å². The number of hydrogen-bond donors (Lipinski definition) is 5. The molecule has 0 spiro atoms. The van der Waals surface area contributed by atoms with Crippen LogP contribution in [0.1, 0.15) is 45.9 Å². The van der Waals surface area contributed by atoms with E-state index in [2.05, 4.69) is 15.5 Å². The molecule has 2 aliphatic heterocycles. The van der Waals surface area contributed by atoms with Gasteiger partial charge in [-0.2, -0.15) is 0 Å². The minimum atomic E-state index is -1.64. The third-order valence-electron chi connectivity index (χ3n) is 6.42. The van der Waals surface area contributed by atoms with E-state index in [1.165, 1.54) is 19.2 Å². The number of aromatic hydroxyl groups is 2. The lowest BCUT2D eigenvalue weighted by atomic mass is 9.98. The summed E-state index contributed by atoms with van der Waals surface area (Å²) in [6.45, 7) is 7.73. The topological polar surface area (TPSA) is 214 Å². The van der Waals surface area contributed by atoms with E-state index in [0.717, 1.165) is 28.0 Å². The minimum absolute atomic E-state index is 0.0188. The lowest BCUT2D eigenvalue weighted by molar-refractivity contribution is -0.179. The normalized spacial score (nSPS) is 18.7. The van der Waals surface area contributed by atoms with Gasteiger partial charge < -0.3 is 35.9 Å². The number of phenolic OH excluding ortho intramolecular Hbond substituents is 2. The molecule has 1 unspecified atom stereocenters. The third kappa shape index (κ3) is 6.80. The number of nitrogens with two attached hydrogens (primary N) is 1. The Morgan fingerprint density at radius 2 is 1.87 bits per heavy atom. The van der Waals surface area contributed by atoms with Gasteiger partial charge in [-0.15, -0.1) is 23.1 Å². The number of carbonyl (C=O) groups is 4. The molecule has 18 heteroatoms. The van der Waals surface area contributed by atoms with E-state index in [9.17, 15) is 43.3 Å². The fraction of sp³-hybridized carbons (Fsp3) is 0.407. The number of oxime groups is 1. The highest BCUT2D eigenvalue weighted by atomic mass is 32.2. The van der Waals surface area contributed by atoms with Crippen LogP contribution in [0.15, 0.2) is 27.9 Å². The third-order valence-corrected chi connectivity index (χ3v) is 8.43. The number of nitrogens with one attached hydrogen (secondary N) is 1. The molecule has 1 aromatic carbocycles. The van der Waals surface area contributed by atoms with E-state index in [1.807, 2.05) is 0 Å². The number of thioether (sulfide) groups is 1. The summed E-state index contributed by atoms with van der Waals surface area (Å²) < 4.78 is 33.8. The van der Waals surface area contributed by atoms with Gasteiger partial charge in [0.2, 0.25) is 5.60 Å². The summed E-state index contributed by atoms with van der Waals surface area (Å²) in [4.78, 5) is 61.8. The van der Waals surface area contributed by atoms with E-state index in [1.54, 1.807) is 20.8 Å². The number of aliphatic carboxylic acids is 1. The highest BCUT2D eigenvalue weighted by Crippen LogP contribution is 2.42. The number of carbonyl (C=O) groups excluding carboxylic acids is 3. The number of rotatable bonds is 9. The van der Waals surface area contributed by atoms with Crippen LogP contribution in [-0.4, -0.2) is 83.0 Å². The lowest BCUT2D eigenvalue weighted by Gasteiger charge is -2.49. The van der Waals surface area contributed by atoms with Crippen molar-refractivity contribution in [2.75, 3.05) is 11.5 Å².